The smallest absolute Gasteiger partial charge is 0.193 e. The van der Waals surface area contributed by atoms with Crippen molar-refractivity contribution < 1.29 is 9.47 Å². The van der Waals surface area contributed by atoms with Gasteiger partial charge in [-0.15, -0.1) is 35.7 Å². The van der Waals surface area contributed by atoms with Gasteiger partial charge >= 0.3 is 0 Å². The van der Waals surface area contributed by atoms with Crippen molar-refractivity contribution in [2.45, 2.75) is 11.3 Å². The first-order valence-corrected chi connectivity index (χ1v) is 10.00. The highest BCUT2D eigenvalue weighted by Gasteiger charge is 2.24. The molecule has 0 aliphatic carbocycles. The third kappa shape index (κ3) is 8.65. The van der Waals surface area contributed by atoms with Gasteiger partial charge in [0.05, 0.1) is 19.8 Å². The molecule has 1 heterocycles. The predicted octanol–water partition coefficient (Wildman–Crippen LogP) is 3.61. The second-order valence-electron chi connectivity index (χ2n) is 5.94. The summed E-state index contributed by atoms with van der Waals surface area (Å²) < 4.78 is 10.7. The zero-order valence-corrected chi connectivity index (χ0v) is 19.4. The first-order valence-electron chi connectivity index (χ1n) is 8.63. The van der Waals surface area contributed by atoms with Crippen LogP contribution >= 0.6 is 47.3 Å². The van der Waals surface area contributed by atoms with Crippen molar-refractivity contribution in [1.29, 1.82) is 0 Å². The summed E-state index contributed by atoms with van der Waals surface area (Å²) in [6.07, 6.45) is 1.15. The van der Waals surface area contributed by atoms with Gasteiger partial charge in [-0.25, -0.2) is 0 Å². The van der Waals surface area contributed by atoms with Crippen LogP contribution in [0.3, 0.4) is 0 Å². The van der Waals surface area contributed by atoms with Gasteiger partial charge in [0, 0.05) is 55.4 Å². The number of methoxy groups -OCH3 is 1. The van der Waals surface area contributed by atoms with Crippen LogP contribution in [0.5, 0.6) is 0 Å². The number of nitrogens with one attached hydrogen (secondary N) is 1. The van der Waals surface area contributed by atoms with Gasteiger partial charge in [-0.2, -0.15) is 0 Å². The number of hydrogen-bond donors (Lipinski definition) is 1. The predicted molar refractivity (Wildman–Crippen MR) is 121 cm³/mol. The normalized spacial score (nSPS) is 17.3. The second-order valence-corrected chi connectivity index (χ2v) is 7.55. The Kier molecular flexibility index (Phi) is 12.7. The molecular weight excluding hydrogens is 485 g/mol. The van der Waals surface area contributed by atoms with Crippen molar-refractivity contribution in [2.75, 3.05) is 59.4 Å². The quantitative estimate of drug-likeness (QED) is 0.180. The monoisotopic (exact) mass is 513 g/mol. The fraction of sp³-hybridized carbons (Fsp3) is 0.611. The van der Waals surface area contributed by atoms with Crippen LogP contribution in [0.25, 0.3) is 0 Å². The molecule has 1 aromatic carbocycles. The highest BCUT2D eigenvalue weighted by Crippen LogP contribution is 2.20. The maximum Gasteiger partial charge on any atom is 0.193 e. The molecule has 0 bridgehead atoms. The lowest BCUT2D eigenvalue weighted by Crippen LogP contribution is -2.41. The number of rotatable bonds is 9. The number of nitrogens with zero attached hydrogens (tertiary/aromatic N) is 2. The first kappa shape index (κ1) is 23.8. The fourth-order valence-electron chi connectivity index (χ4n) is 2.75. The number of aliphatic imine (C=N–C) groups is 1. The van der Waals surface area contributed by atoms with E-state index in [0.717, 1.165) is 49.4 Å². The van der Waals surface area contributed by atoms with Crippen LogP contribution < -0.4 is 5.32 Å². The molecule has 1 saturated heterocycles. The van der Waals surface area contributed by atoms with Crippen LogP contribution in [0.4, 0.5) is 0 Å². The van der Waals surface area contributed by atoms with Crippen molar-refractivity contribution in [3.8, 4) is 0 Å². The van der Waals surface area contributed by atoms with E-state index in [-0.39, 0.29) is 24.0 Å². The third-order valence-corrected chi connectivity index (χ3v) is 5.32. The Morgan fingerprint density at radius 2 is 2.12 bits per heavy atom. The standard InChI is InChI=1S/C18H28ClN3O2S.HI/c1-20-18(21-8-12-25-17-5-3-16(19)4-6-17)22-9-7-15(13-22)14-24-11-10-23-2;/h3-6,15H,7-14H2,1-2H3,(H,20,21);1H. The molecule has 1 aromatic rings. The molecule has 0 aromatic heterocycles. The van der Waals surface area contributed by atoms with E-state index in [9.17, 15) is 0 Å². The molecule has 1 fully saturated rings. The maximum atomic E-state index is 5.91. The van der Waals surface area contributed by atoms with Gasteiger partial charge in [0.2, 0.25) is 0 Å². The van der Waals surface area contributed by atoms with Crippen LogP contribution in [-0.2, 0) is 9.47 Å². The molecule has 1 aliphatic heterocycles. The molecule has 26 heavy (non-hydrogen) atoms. The van der Waals surface area contributed by atoms with Crippen molar-refractivity contribution >= 4 is 53.3 Å². The SMILES string of the molecule is CN=C(NCCSc1ccc(Cl)cc1)N1CCC(COCCOC)C1.I. The van der Waals surface area contributed by atoms with Crippen molar-refractivity contribution in [1.82, 2.24) is 10.2 Å². The average molecular weight is 514 g/mol. The van der Waals surface area contributed by atoms with Gasteiger partial charge in [0.15, 0.2) is 5.96 Å². The molecule has 0 amide bonds. The molecule has 1 unspecified atom stereocenters. The van der Waals surface area contributed by atoms with E-state index < -0.39 is 0 Å². The van der Waals surface area contributed by atoms with Gasteiger partial charge < -0.3 is 19.7 Å². The van der Waals surface area contributed by atoms with Crippen LogP contribution in [-0.4, -0.2) is 70.2 Å². The summed E-state index contributed by atoms with van der Waals surface area (Å²) in [7, 11) is 3.54. The van der Waals surface area contributed by atoms with Gasteiger partial charge in [0.1, 0.15) is 0 Å². The average Bonchev–Trinajstić information content (AvgIpc) is 3.09. The number of benzene rings is 1. The summed E-state index contributed by atoms with van der Waals surface area (Å²) in [5.41, 5.74) is 0. The molecule has 5 nitrogen and oxygen atoms in total. The lowest BCUT2D eigenvalue weighted by molar-refractivity contribution is 0.0536. The molecule has 0 radical (unpaired) electrons. The number of ether oxygens (including phenoxy) is 2. The highest BCUT2D eigenvalue weighted by molar-refractivity contribution is 14.0. The van der Waals surface area contributed by atoms with E-state index in [0.29, 0.717) is 19.1 Å². The number of hydrogen-bond acceptors (Lipinski definition) is 4. The van der Waals surface area contributed by atoms with E-state index in [1.807, 2.05) is 30.9 Å². The molecular formula is C18H29ClIN3O2S. The molecule has 8 heteroatoms. The second kappa shape index (κ2) is 13.9. The van der Waals surface area contributed by atoms with Crippen molar-refractivity contribution in [2.24, 2.45) is 10.9 Å². The van der Waals surface area contributed by atoms with Gasteiger partial charge in [-0.05, 0) is 30.7 Å². The summed E-state index contributed by atoms with van der Waals surface area (Å²) in [4.78, 5) is 7.96. The summed E-state index contributed by atoms with van der Waals surface area (Å²) >= 11 is 7.72. The molecule has 2 rings (SSSR count). The minimum atomic E-state index is 0. The number of guanidine groups is 1. The van der Waals surface area contributed by atoms with Crippen LogP contribution in [0.2, 0.25) is 5.02 Å². The Morgan fingerprint density at radius 3 is 2.81 bits per heavy atom. The van der Waals surface area contributed by atoms with Crippen molar-refractivity contribution in [3.63, 3.8) is 0 Å². The topological polar surface area (TPSA) is 46.1 Å². The van der Waals surface area contributed by atoms with E-state index in [2.05, 4.69) is 27.3 Å². The molecule has 0 saturated carbocycles. The van der Waals surface area contributed by atoms with Gasteiger partial charge in [-0.1, -0.05) is 11.6 Å². The molecule has 1 atom stereocenters. The largest absolute Gasteiger partial charge is 0.382 e. The van der Waals surface area contributed by atoms with Crippen LogP contribution in [0.15, 0.2) is 34.2 Å². The van der Waals surface area contributed by atoms with E-state index in [1.54, 1.807) is 7.11 Å². The zero-order valence-electron chi connectivity index (χ0n) is 15.4. The number of thioether (sulfide) groups is 1. The zero-order chi connectivity index (χ0) is 17.9. The Bertz CT molecular complexity index is 534. The number of likely N-dealkylation sites (tertiary alicyclic amines) is 1. The Morgan fingerprint density at radius 1 is 1.35 bits per heavy atom. The van der Waals surface area contributed by atoms with E-state index >= 15 is 0 Å². The molecule has 148 valence electrons. The Balaban J connectivity index is 0.00000338. The summed E-state index contributed by atoms with van der Waals surface area (Å²) in [5, 5.41) is 4.23. The minimum Gasteiger partial charge on any atom is -0.382 e. The fourth-order valence-corrected chi connectivity index (χ4v) is 3.64. The van der Waals surface area contributed by atoms with Gasteiger partial charge in [-0.3, -0.25) is 4.99 Å². The molecule has 0 spiro atoms. The lowest BCUT2D eigenvalue weighted by Gasteiger charge is -2.21. The van der Waals surface area contributed by atoms with Crippen molar-refractivity contribution in [3.05, 3.63) is 29.3 Å². The maximum absolute atomic E-state index is 5.91. The van der Waals surface area contributed by atoms with E-state index in [4.69, 9.17) is 21.1 Å². The summed E-state index contributed by atoms with van der Waals surface area (Å²) in [5.74, 6) is 2.54. The molecule has 1 N–H and O–H groups in total. The summed E-state index contributed by atoms with van der Waals surface area (Å²) in [6.45, 7) is 5.03. The Labute approximate surface area is 183 Å². The highest BCUT2D eigenvalue weighted by atomic mass is 127. The van der Waals surface area contributed by atoms with Crippen LogP contribution in [0.1, 0.15) is 6.42 Å². The van der Waals surface area contributed by atoms with E-state index in [1.165, 1.54) is 4.90 Å². The minimum absolute atomic E-state index is 0. The van der Waals surface area contributed by atoms with Gasteiger partial charge in [0.25, 0.3) is 0 Å². The Hall–Kier alpha value is -0.220. The summed E-state index contributed by atoms with van der Waals surface area (Å²) in [6, 6.07) is 7.96. The molecule has 1 aliphatic rings. The first-order chi connectivity index (χ1) is 12.2. The number of halogens is 2. The van der Waals surface area contributed by atoms with Crippen LogP contribution in [0, 0.1) is 5.92 Å². The third-order valence-electron chi connectivity index (χ3n) is 4.05. The lowest BCUT2D eigenvalue weighted by atomic mass is 10.1.